The van der Waals surface area contributed by atoms with Crippen molar-refractivity contribution in [3.63, 3.8) is 0 Å². The van der Waals surface area contributed by atoms with Crippen molar-refractivity contribution in [3.8, 4) is 6.07 Å². The zero-order valence-corrected chi connectivity index (χ0v) is 21.1. The molecule has 9 nitrogen and oxygen atoms in total. The Morgan fingerprint density at radius 3 is 2.34 bits per heavy atom. The number of hydrogen-bond acceptors (Lipinski definition) is 9. The van der Waals surface area contributed by atoms with Crippen LogP contribution in [0.15, 0.2) is 71.2 Å². The van der Waals surface area contributed by atoms with Crippen molar-refractivity contribution in [2.45, 2.75) is 43.7 Å². The maximum absolute atomic E-state index is 14.7. The van der Waals surface area contributed by atoms with Crippen molar-refractivity contribution in [2.24, 2.45) is 5.73 Å². The highest BCUT2D eigenvalue weighted by Gasteiger charge is 2.43. The molecule has 38 heavy (non-hydrogen) atoms. The molecule has 1 aliphatic heterocycles. The van der Waals surface area contributed by atoms with Crippen molar-refractivity contribution in [3.05, 3.63) is 82.6 Å². The lowest BCUT2D eigenvalue weighted by atomic mass is 9.81. The molecule has 2 aliphatic rings. The van der Waals surface area contributed by atoms with E-state index in [1.54, 1.807) is 30.3 Å². The van der Waals surface area contributed by atoms with Gasteiger partial charge in [-0.05, 0) is 43.4 Å². The van der Waals surface area contributed by atoms with Gasteiger partial charge in [0.05, 0.1) is 54.8 Å². The number of carbonyl (C=O) groups is 2. The number of hydrogen-bond donors (Lipinski definition) is 3. The largest absolute Gasteiger partial charge is 0.466 e. The lowest BCUT2D eigenvalue weighted by Gasteiger charge is -2.37. The van der Waals surface area contributed by atoms with E-state index in [0.717, 1.165) is 14.2 Å². The number of benzene rings is 2. The van der Waals surface area contributed by atoms with Gasteiger partial charge in [0.15, 0.2) is 0 Å². The summed E-state index contributed by atoms with van der Waals surface area (Å²) in [4.78, 5) is 27.7. The number of rotatable bonds is 6. The Bertz CT molecular complexity index is 1330. The van der Waals surface area contributed by atoms with Crippen LogP contribution < -0.4 is 16.0 Å². The van der Waals surface area contributed by atoms with Gasteiger partial charge in [-0.25, -0.2) is 14.0 Å². The van der Waals surface area contributed by atoms with Crippen LogP contribution in [0.3, 0.4) is 0 Å². The molecule has 1 fully saturated rings. The molecule has 198 valence electrons. The fourth-order valence-corrected chi connectivity index (χ4v) is 5.02. The normalized spacial score (nSPS) is 21.6. The van der Waals surface area contributed by atoms with Crippen LogP contribution in [0.25, 0.3) is 0 Å². The highest BCUT2D eigenvalue weighted by molar-refractivity contribution is 6.07. The van der Waals surface area contributed by atoms with Gasteiger partial charge in [-0.3, -0.25) is 4.90 Å². The molecule has 4 N–H and O–H groups in total. The molecule has 2 aromatic rings. The molecule has 4 rings (SSSR count). The SMILES string of the molecule is COC(=O)C1=C(C(=O)OC)N(c2cc(F)ccc2NC2CCC(O)CC2)C(N)=C(C#N)C1c1ccccc1. The zero-order valence-electron chi connectivity index (χ0n) is 21.1. The first-order valence-corrected chi connectivity index (χ1v) is 12.2. The molecule has 1 aliphatic carbocycles. The van der Waals surface area contributed by atoms with Gasteiger partial charge in [-0.1, -0.05) is 30.3 Å². The van der Waals surface area contributed by atoms with Gasteiger partial charge in [0.1, 0.15) is 17.3 Å². The summed E-state index contributed by atoms with van der Waals surface area (Å²) in [5.41, 5.74) is 7.18. The summed E-state index contributed by atoms with van der Waals surface area (Å²) >= 11 is 0. The molecule has 0 aromatic heterocycles. The summed E-state index contributed by atoms with van der Waals surface area (Å²) in [5.74, 6) is -3.57. The number of aliphatic hydroxyl groups excluding tert-OH is 1. The van der Waals surface area contributed by atoms with E-state index in [1.807, 2.05) is 0 Å². The fourth-order valence-electron chi connectivity index (χ4n) is 5.02. The zero-order chi connectivity index (χ0) is 27.4. The number of ether oxygens (including phenoxy) is 2. The topological polar surface area (TPSA) is 138 Å². The predicted octanol–water partition coefficient (Wildman–Crippen LogP) is 3.44. The second-order valence-electron chi connectivity index (χ2n) is 9.15. The maximum atomic E-state index is 14.7. The third-order valence-electron chi connectivity index (χ3n) is 6.87. The molecule has 1 unspecified atom stereocenters. The van der Waals surface area contributed by atoms with E-state index < -0.39 is 23.7 Å². The van der Waals surface area contributed by atoms with E-state index >= 15 is 0 Å². The smallest absolute Gasteiger partial charge is 0.355 e. The monoisotopic (exact) mass is 520 g/mol. The Morgan fingerprint density at radius 1 is 1.08 bits per heavy atom. The van der Waals surface area contributed by atoms with Gasteiger partial charge in [0, 0.05) is 12.1 Å². The quantitative estimate of drug-likeness (QED) is 0.489. The van der Waals surface area contributed by atoms with E-state index in [2.05, 4.69) is 11.4 Å². The van der Waals surface area contributed by atoms with Crippen LogP contribution in [-0.2, 0) is 19.1 Å². The first-order chi connectivity index (χ1) is 18.3. The average Bonchev–Trinajstić information content (AvgIpc) is 2.94. The van der Waals surface area contributed by atoms with E-state index in [1.165, 1.54) is 23.1 Å². The van der Waals surface area contributed by atoms with Gasteiger partial charge in [0.25, 0.3) is 0 Å². The van der Waals surface area contributed by atoms with Crippen molar-refractivity contribution < 1.29 is 28.6 Å². The Morgan fingerprint density at radius 2 is 1.74 bits per heavy atom. The summed E-state index contributed by atoms with van der Waals surface area (Å²) in [6.45, 7) is 0. The summed E-state index contributed by atoms with van der Waals surface area (Å²) in [7, 11) is 2.31. The highest BCUT2D eigenvalue weighted by atomic mass is 19.1. The number of anilines is 2. The summed E-state index contributed by atoms with van der Waals surface area (Å²) < 4.78 is 24.8. The summed E-state index contributed by atoms with van der Waals surface area (Å²) in [6, 6.07) is 14.6. The third kappa shape index (κ3) is 5.06. The minimum atomic E-state index is -1.02. The van der Waals surface area contributed by atoms with Crippen molar-refractivity contribution in [1.29, 1.82) is 5.26 Å². The minimum Gasteiger partial charge on any atom is -0.466 e. The second kappa shape index (κ2) is 11.4. The lowest BCUT2D eigenvalue weighted by molar-refractivity contribution is -0.139. The van der Waals surface area contributed by atoms with Gasteiger partial charge in [-0.2, -0.15) is 5.26 Å². The Hall–Kier alpha value is -4.36. The number of nitrogens with two attached hydrogens (primary N) is 1. The van der Waals surface area contributed by atoms with Crippen LogP contribution in [-0.4, -0.2) is 43.4 Å². The van der Waals surface area contributed by atoms with Crippen LogP contribution in [0.5, 0.6) is 0 Å². The van der Waals surface area contributed by atoms with Crippen molar-refractivity contribution in [1.82, 2.24) is 0 Å². The molecule has 0 amide bonds. The molecule has 0 saturated heterocycles. The van der Waals surface area contributed by atoms with E-state index in [0.29, 0.717) is 36.9 Å². The Labute approximate surface area is 219 Å². The van der Waals surface area contributed by atoms with Gasteiger partial charge >= 0.3 is 11.9 Å². The van der Waals surface area contributed by atoms with Crippen LogP contribution in [0, 0.1) is 17.1 Å². The first kappa shape index (κ1) is 26.7. The number of methoxy groups -OCH3 is 2. The van der Waals surface area contributed by atoms with Gasteiger partial charge in [0.2, 0.25) is 0 Å². The molecular formula is C28H29FN4O5. The average molecular weight is 521 g/mol. The molecule has 1 saturated carbocycles. The molecular weight excluding hydrogens is 491 g/mol. The maximum Gasteiger partial charge on any atom is 0.355 e. The third-order valence-corrected chi connectivity index (χ3v) is 6.87. The lowest BCUT2D eigenvalue weighted by Crippen LogP contribution is -2.41. The fraction of sp³-hybridized carbons (Fsp3) is 0.321. The molecule has 2 aromatic carbocycles. The number of nitrogens with zero attached hydrogens (tertiary/aromatic N) is 2. The van der Waals surface area contributed by atoms with E-state index in [9.17, 15) is 24.3 Å². The highest BCUT2D eigenvalue weighted by Crippen LogP contribution is 2.45. The summed E-state index contributed by atoms with van der Waals surface area (Å²) in [6.07, 6.45) is 2.20. The minimum absolute atomic E-state index is 0.0137. The Kier molecular flexibility index (Phi) is 7.98. The van der Waals surface area contributed by atoms with E-state index in [-0.39, 0.29) is 40.5 Å². The summed E-state index contributed by atoms with van der Waals surface area (Å²) in [5, 5.41) is 23.4. The number of nitrogens with one attached hydrogen (secondary N) is 1. The number of allylic oxidation sites excluding steroid dienone is 1. The van der Waals surface area contributed by atoms with Gasteiger partial charge < -0.3 is 25.6 Å². The second-order valence-corrected chi connectivity index (χ2v) is 9.15. The van der Waals surface area contributed by atoms with E-state index in [4.69, 9.17) is 15.2 Å². The number of carbonyl (C=O) groups excluding carboxylic acids is 2. The van der Waals surface area contributed by atoms with Crippen molar-refractivity contribution >= 4 is 23.3 Å². The molecule has 0 spiro atoms. The van der Waals surface area contributed by atoms with Crippen LogP contribution in [0.1, 0.15) is 37.2 Å². The first-order valence-electron chi connectivity index (χ1n) is 12.2. The molecule has 0 radical (unpaired) electrons. The number of nitriles is 1. The van der Waals surface area contributed by atoms with Gasteiger partial charge in [-0.15, -0.1) is 0 Å². The molecule has 1 atom stereocenters. The van der Waals surface area contributed by atoms with Crippen LogP contribution in [0.2, 0.25) is 0 Å². The molecule has 1 heterocycles. The number of halogens is 1. The van der Waals surface area contributed by atoms with Crippen LogP contribution in [0.4, 0.5) is 15.8 Å². The van der Waals surface area contributed by atoms with Crippen molar-refractivity contribution in [2.75, 3.05) is 24.4 Å². The predicted molar refractivity (Wildman–Crippen MR) is 138 cm³/mol. The number of aliphatic hydroxyl groups is 1. The molecule has 0 bridgehead atoms. The molecule has 10 heteroatoms. The van der Waals surface area contributed by atoms with Crippen LogP contribution >= 0.6 is 0 Å². The number of esters is 2. The standard InChI is InChI=1S/C28H29FN4O5/c1-37-27(35)24-23(16-6-4-3-5-7-16)20(15-30)26(31)33(25(24)28(36)38-2)22-14-17(29)8-13-21(22)32-18-9-11-19(34)12-10-18/h3-8,13-14,18-19,23,32,34H,9-12,31H2,1-2H3. The Balaban J connectivity index is 1.96.